The molecule has 0 spiro atoms. The van der Waals surface area contributed by atoms with Crippen molar-refractivity contribution in [2.24, 2.45) is 0 Å². The highest BCUT2D eigenvalue weighted by Gasteiger charge is 2.17. The number of halogens is 1. The van der Waals surface area contributed by atoms with Crippen molar-refractivity contribution in [2.75, 3.05) is 0 Å². The number of ether oxygens (including phenoxy) is 1. The van der Waals surface area contributed by atoms with E-state index in [1.807, 2.05) is 26.0 Å². The SMILES string of the molecule is Cc1cc(CCn2ccc(C)c(CC(=O)NCc3cc(Cl)ccc3CNC(=O)OC(C)(C)C)c2=O)on1. The second kappa shape index (κ2) is 12.1. The van der Waals surface area contributed by atoms with Crippen LogP contribution in [0.3, 0.4) is 0 Å². The van der Waals surface area contributed by atoms with Crippen molar-refractivity contribution in [1.82, 2.24) is 20.4 Å². The minimum atomic E-state index is -0.607. The highest BCUT2D eigenvalue weighted by atomic mass is 35.5. The summed E-state index contributed by atoms with van der Waals surface area (Å²) in [5.74, 6) is 0.401. The number of benzene rings is 1. The van der Waals surface area contributed by atoms with Crippen molar-refractivity contribution in [3.63, 3.8) is 0 Å². The van der Waals surface area contributed by atoms with Gasteiger partial charge in [-0.05, 0) is 69.5 Å². The molecule has 0 aliphatic carbocycles. The lowest BCUT2D eigenvalue weighted by molar-refractivity contribution is -0.120. The number of pyridine rings is 1. The van der Waals surface area contributed by atoms with E-state index in [1.165, 1.54) is 0 Å². The molecule has 2 aromatic heterocycles. The third-order valence-electron chi connectivity index (χ3n) is 5.58. The van der Waals surface area contributed by atoms with Gasteiger partial charge in [-0.25, -0.2) is 4.79 Å². The molecule has 37 heavy (non-hydrogen) atoms. The fourth-order valence-corrected chi connectivity index (χ4v) is 3.89. The molecule has 2 heterocycles. The molecule has 0 aliphatic rings. The van der Waals surface area contributed by atoms with Gasteiger partial charge in [-0.15, -0.1) is 0 Å². The molecule has 2 amide bonds. The van der Waals surface area contributed by atoms with Gasteiger partial charge >= 0.3 is 6.09 Å². The minimum absolute atomic E-state index is 0.0566. The topological polar surface area (TPSA) is 115 Å². The summed E-state index contributed by atoms with van der Waals surface area (Å²) in [6, 6.07) is 8.90. The van der Waals surface area contributed by atoms with E-state index >= 15 is 0 Å². The lowest BCUT2D eigenvalue weighted by atomic mass is 10.1. The summed E-state index contributed by atoms with van der Waals surface area (Å²) < 4.78 is 12.1. The van der Waals surface area contributed by atoms with E-state index in [0.717, 1.165) is 22.4 Å². The van der Waals surface area contributed by atoms with Crippen LogP contribution in [0, 0.1) is 13.8 Å². The fraction of sp³-hybridized carbons (Fsp3) is 0.407. The number of nitrogens with one attached hydrogen (secondary N) is 2. The number of carbonyl (C=O) groups excluding carboxylic acids is 2. The van der Waals surface area contributed by atoms with Crippen LogP contribution in [-0.4, -0.2) is 27.3 Å². The van der Waals surface area contributed by atoms with Gasteiger partial charge in [0.25, 0.3) is 5.56 Å². The summed E-state index contributed by atoms with van der Waals surface area (Å²) in [7, 11) is 0. The fourth-order valence-electron chi connectivity index (χ4n) is 3.70. The van der Waals surface area contributed by atoms with E-state index < -0.39 is 11.7 Å². The molecule has 0 saturated heterocycles. The zero-order valence-corrected chi connectivity index (χ0v) is 22.6. The van der Waals surface area contributed by atoms with Gasteiger partial charge in [0, 0.05) is 48.9 Å². The van der Waals surface area contributed by atoms with Crippen molar-refractivity contribution in [3.05, 3.63) is 85.6 Å². The molecule has 2 N–H and O–H groups in total. The molecule has 0 bridgehead atoms. The monoisotopic (exact) mass is 528 g/mol. The summed E-state index contributed by atoms with van der Waals surface area (Å²) in [4.78, 5) is 37.9. The van der Waals surface area contributed by atoms with E-state index in [0.29, 0.717) is 29.3 Å². The van der Waals surface area contributed by atoms with E-state index in [2.05, 4.69) is 15.8 Å². The first-order valence-corrected chi connectivity index (χ1v) is 12.4. The van der Waals surface area contributed by atoms with Crippen LogP contribution in [0.25, 0.3) is 0 Å². The maximum atomic E-state index is 13.0. The molecule has 3 aromatic rings. The van der Waals surface area contributed by atoms with Crippen LogP contribution >= 0.6 is 11.6 Å². The zero-order chi connectivity index (χ0) is 27.2. The molecule has 0 fully saturated rings. The van der Waals surface area contributed by atoms with E-state index in [1.54, 1.807) is 49.7 Å². The Bertz CT molecular complexity index is 1320. The number of amides is 2. The number of carbonyl (C=O) groups is 2. The van der Waals surface area contributed by atoms with E-state index in [4.69, 9.17) is 20.9 Å². The lowest BCUT2D eigenvalue weighted by Gasteiger charge is -2.20. The number of aryl methyl sites for hydroxylation is 4. The average molecular weight is 529 g/mol. The molecule has 9 nitrogen and oxygen atoms in total. The minimum Gasteiger partial charge on any atom is -0.444 e. The van der Waals surface area contributed by atoms with Crippen molar-refractivity contribution < 1.29 is 18.8 Å². The Morgan fingerprint density at radius 3 is 2.49 bits per heavy atom. The number of nitrogens with zero attached hydrogens (tertiary/aromatic N) is 2. The number of hydrogen-bond donors (Lipinski definition) is 2. The molecule has 0 saturated carbocycles. The number of rotatable bonds is 9. The van der Waals surface area contributed by atoms with Gasteiger partial charge < -0.3 is 24.5 Å². The first kappa shape index (κ1) is 28.0. The Kier molecular flexibility index (Phi) is 9.15. The van der Waals surface area contributed by atoms with Crippen molar-refractivity contribution in [1.29, 1.82) is 0 Å². The van der Waals surface area contributed by atoms with Crippen LogP contribution in [0.15, 0.2) is 45.8 Å². The van der Waals surface area contributed by atoms with Crippen LogP contribution in [-0.2, 0) is 42.0 Å². The molecule has 1 aromatic carbocycles. The number of aromatic nitrogens is 2. The molecule has 3 rings (SSSR count). The first-order chi connectivity index (χ1) is 17.4. The maximum absolute atomic E-state index is 13.0. The van der Waals surface area contributed by atoms with Gasteiger partial charge in [0.1, 0.15) is 11.4 Å². The van der Waals surface area contributed by atoms with Crippen LogP contribution in [0.1, 0.15) is 54.5 Å². The molecule has 0 radical (unpaired) electrons. The highest BCUT2D eigenvalue weighted by Crippen LogP contribution is 2.17. The average Bonchev–Trinajstić information content (AvgIpc) is 3.23. The maximum Gasteiger partial charge on any atom is 0.407 e. The second-order valence-electron chi connectivity index (χ2n) is 9.88. The standard InChI is InChI=1S/C27H33ClN4O5/c1-17-8-10-32(11-9-22-12-18(2)31-37-22)25(34)23(17)14-24(33)29-16-20-13-21(28)7-6-19(20)15-30-26(35)36-27(3,4)5/h6-8,10,12-13H,9,11,14-16H2,1-5H3,(H,29,33)(H,30,35). The summed E-state index contributed by atoms with van der Waals surface area (Å²) in [5, 5.41) is 9.95. The van der Waals surface area contributed by atoms with Crippen LogP contribution in [0.5, 0.6) is 0 Å². The summed E-state index contributed by atoms with van der Waals surface area (Å²) in [6.45, 7) is 9.83. The smallest absolute Gasteiger partial charge is 0.407 e. The molecule has 10 heteroatoms. The molecular formula is C27H33ClN4O5. The summed E-state index contributed by atoms with van der Waals surface area (Å²) in [5.41, 5.74) is 2.69. The Balaban J connectivity index is 1.63. The van der Waals surface area contributed by atoms with Crippen LogP contribution in [0.4, 0.5) is 4.79 Å². The Morgan fingerprint density at radius 2 is 1.81 bits per heavy atom. The summed E-state index contributed by atoms with van der Waals surface area (Å²) in [6.07, 6.45) is 1.65. The second-order valence-corrected chi connectivity index (χ2v) is 10.3. The number of alkyl carbamates (subject to hydrolysis) is 1. The predicted molar refractivity (Wildman–Crippen MR) is 140 cm³/mol. The molecule has 0 aliphatic heterocycles. The highest BCUT2D eigenvalue weighted by molar-refractivity contribution is 6.30. The van der Waals surface area contributed by atoms with Gasteiger partial charge in [-0.3, -0.25) is 9.59 Å². The Morgan fingerprint density at radius 1 is 1.08 bits per heavy atom. The van der Waals surface area contributed by atoms with Crippen molar-refractivity contribution in [2.45, 2.75) is 72.7 Å². The molecule has 0 unspecified atom stereocenters. The third-order valence-corrected chi connectivity index (χ3v) is 5.81. The van der Waals surface area contributed by atoms with Gasteiger partial charge in [0.2, 0.25) is 5.91 Å². The van der Waals surface area contributed by atoms with Gasteiger partial charge in [-0.2, -0.15) is 0 Å². The van der Waals surface area contributed by atoms with E-state index in [-0.39, 0.29) is 31.0 Å². The van der Waals surface area contributed by atoms with Crippen LogP contribution in [0.2, 0.25) is 5.02 Å². The first-order valence-electron chi connectivity index (χ1n) is 12.0. The Labute approximate surface area is 221 Å². The molecular weight excluding hydrogens is 496 g/mol. The van der Waals surface area contributed by atoms with Gasteiger partial charge in [0.05, 0.1) is 12.1 Å². The summed E-state index contributed by atoms with van der Waals surface area (Å²) >= 11 is 6.17. The van der Waals surface area contributed by atoms with Gasteiger partial charge in [-0.1, -0.05) is 22.8 Å². The lowest BCUT2D eigenvalue weighted by Crippen LogP contribution is -2.33. The van der Waals surface area contributed by atoms with E-state index in [9.17, 15) is 14.4 Å². The molecule has 198 valence electrons. The zero-order valence-electron chi connectivity index (χ0n) is 21.8. The Hall–Kier alpha value is -3.59. The molecule has 0 atom stereocenters. The number of hydrogen-bond acceptors (Lipinski definition) is 6. The largest absolute Gasteiger partial charge is 0.444 e. The van der Waals surface area contributed by atoms with Crippen LogP contribution < -0.4 is 16.2 Å². The predicted octanol–water partition coefficient (Wildman–Crippen LogP) is 4.23. The van der Waals surface area contributed by atoms with Crippen molar-refractivity contribution in [3.8, 4) is 0 Å². The quantitative estimate of drug-likeness (QED) is 0.429. The normalized spacial score (nSPS) is 11.3. The van der Waals surface area contributed by atoms with Crippen molar-refractivity contribution >= 4 is 23.6 Å². The van der Waals surface area contributed by atoms with Gasteiger partial charge in [0.15, 0.2) is 0 Å². The third kappa shape index (κ3) is 8.49.